The van der Waals surface area contributed by atoms with E-state index in [4.69, 9.17) is 26.2 Å². The van der Waals surface area contributed by atoms with Crippen molar-refractivity contribution in [2.75, 3.05) is 31.0 Å². The van der Waals surface area contributed by atoms with E-state index in [1.807, 2.05) is 0 Å². The molecule has 2 aliphatic rings. The minimum atomic E-state index is 0.0216. The fourth-order valence-corrected chi connectivity index (χ4v) is 4.09. The number of ether oxygens (including phenoxy) is 2. The zero-order chi connectivity index (χ0) is 19.5. The minimum Gasteiger partial charge on any atom is -0.475 e. The van der Waals surface area contributed by atoms with Gasteiger partial charge in [-0.1, -0.05) is 30.9 Å². The Labute approximate surface area is 170 Å². The molecule has 0 spiro atoms. The monoisotopic (exact) mass is 406 g/mol. The fourth-order valence-electron chi connectivity index (χ4n) is 3.95. The lowest BCUT2D eigenvalue weighted by Gasteiger charge is -2.23. The van der Waals surface area contributed by atoms with Gasteiger partial charge in [0, 0.05) is 13.5 Å². The molecule has 4 rings (SSSR count). The lowest BCUT2D eigenvalue weighted by Crippen LogP contribution is -2.27. The number of nitrogens with zero attached hydrogens (tertiary/aromatic N) is 4. The Bertz CT molecular complexity index is 821. The molecule has 3 heterocycles. The third-order valence-electron chi connectivity index (χ3n) is 5.43. The second-order valence-corrected chi connectivity index (χ2v) is 7.86. The molecule has 152 valence electrons. The summed E-state index contributed by atoms with van der Waals surface area (Å²) in [5, 5.41) is 11.9. The normalized spacial score (nSPS) is 20.3. The van der Waals surface area contributed by atoms with Gasteiger partial charge in [0.2, 0.25) is 5.95 Å². The van der Waals surface area contributed by atoms with Crippen molar-refractivity contribution < 1.29 is 9.47 Å². The van der Waals surface area contributed by atoms with Crippen LogP contribution in [0, 0.1) is 6.92 Å². The van der Waals surface area contributed by atoms with Crippen LogP contribution in [0.15, 0.2) is 6.20 Å². The van der Waals surface area contributed by atoms with Crippen LogP contribution in [0.3, 0.4) is 0 Å². The van der Waals surface area contributed by atoms with Crippen molar-refractivity contribution >= 4 is 29.1 Å². The molecule has 0 radical (unpaired) electrons. The van der Waals surface area contributed by atoms with Crippen molar-refractivity contribution in [1.82, 2.24) is 19.7 Å². The third kappa shape index (κ3) is 4.03. The first-order valence-electron chi connectivity index (χ1n) is 9.92. The van der Waals surface area contributed by atoms with E-state index in [0.717, 1.165) is 30.6 Å². The molecule has 2 bridgehead atoms. The Morgan fingerprint density at radius 1 is 1.29 bits per heavy atom. The van der Waals surface area contributed by atoms with Gasteiger partial charge >= 0.3 is 0 Å². The average Bonchev–Trinajstić information content (AvgIpc) is 2.99. The first-order valence-corrected chi connectivity index (χ1v) is 10.3. The lowest BCUT2D eigenvalue weighted by atomic mass is 9.95. The van der Waals surface area contributed by atoms with Crippen molar-refractivity contribution in [3.8, 4) is 5.88 Å². The van der Waals surface area contributed by atoms with Crippen LogP contribution in [0.1, 0.15) is 50.3 Å². The summed E-state index contributed by atoms with van der Waals surface area (Å²) in [4.78, 5) is 8.88. The van der Waals surface area contributed by atoms with Crippen LogP contribution >= 0.6 is 11.6 Å². The van der Waals surface area contributed by atoms with Crippen LogP contribution in [-0.2, 0) is 4.74 Å². The van der Waals surface area contributed by atoms with E-state index >= 15 is 0 Å². The molecule has 8 nitrogen and oxygen atoms in total. The second kappa shape index (κ2) is 8.53. The van der Waals surface area contributed by atoms with Gasteiger partial charge in [-0.3, -0.25) is 4.68 Å². The Kier molecular flexibility index (Phi) is 5.87. The second-order valence-electron chi connectivity index (χ2n) is 7.45. The largest absolute Gasteiger partial charge is 0.475 e. The number of hydrogen-bond acceptors (Lipinski definition) is 7. The minimum absolute atomic E-state index is 0.0216. The quantitative estimate of drug-likeness (QED) is 0.793. The smallest absolute Gasteiger partial charge is 0.257 e. The maximum Gasteiger partial charge on any atom is 0.257 e. The van der Waals surface area contributed by atoms with Gasteiger partial charge in [0.15, 0.2) is 5.82 Å². The highest BCUT2D eigenvalue weighted by molar-refractivity contribution is 6.32. The molecule has 1 aliphatic carbocycles. The molecule has 0 amide bonds. The van der Waals surface area contributed by atoms with E-state index in [1.165, 1.54) is 19.3 Å². The Hall–Kier alpha value is -2.06. The number of nitrogens with one attached hydrogen (secondary N) is 2. The standard InChI is InChI=1S/C19H27ClN6O2/c1-12-16-18(25-26(12)14-6-4-3-5-7-14)28-9-8-13(11-27-2)22-17-15(20)10-21-19(23-16)24-17/h10,13-14H,3-9,11H2,1-2H3,(H2,21,22,23,24). The summed E-state index contributed by atoms with van der Waals surface area (Å²) >= 11 is 6.29. The molecule has 28 heavy (non-hydrogen) atoms. The maximum absolute atomic E-state index is 6.29. The van der Waals surface area contributed by atoms with E-state index < -0.39 is 0 Å². The van der Waals surface area contributed by atoms with E-state index in [1.54, 1.807) is 13.3 Å². The Morgan fingerprint density at radius 3 is 2.89 bits per heavy atom. The fraction of sp³-hybridized carbons (Fsp3) is 0.632. The summed E-state index contributed by atoms with van der Waals surface area (Å²) in [7, 11) is 1.68. The van der Waals surface area contributed by atoms with Crippen molar-refractivity contribution in [3.63, 3.8) is 0 Å². The number of hydrogen-bond donors (Lipinski definition) is 2. The van der Waals surface area contributed by atoms with Gasteiger partial charge in [-0.2, -0.15) is 4.98 Å². The average molecular weight is 407 g/mol. The van der Waals surface area contributed by atoms with Gasteiger partial charge in [0.05, 0.1) is 37.2 Å². The molecule has 1 atom stereocenters. The van der Waals surface area contributed by atoms with E-state index in [-0.39, 0.29) is 6.04 Å². The lowest BCUT2D eigenvalue weighted by molar-refractivity contribution is 0.172. The molecule has 1 unspecified atom stereocenters. The zero-order valence-corrected chi connectivity index (χ0v) is 17.1. The Morgan fingerprint density at radius 2 is 2.11 bits per heavy atom. The highest BCUT2D eigenvalue weighted by Crippen LogP contribution is 2.36. The van der Waals surface area contributed by atoms with Gasteiger partial charge in [-0.05, 0) is 19.8 Å². The number of rotatable bonds is 3. The molecule has 2 N–H and O–H groups in total. The highest BCUT2D eigenvalue weighted by Gasteiger charge is 2.25. The molecular weight excluding hydrogens is 380 g/mol. The van der Waals surface area contributed by atoms with Gasteiger partial charge in [-0.15, -0.1) is 5.10 Å². The molecule has 1 saturated carbocycles. The third-order valence-corrected chi connectivity index (χ3v) is 5.71. The Balaban J connectivity index is 1.69. The molecule has 0 saturated heterocycles. The topological polar surface area (TPSA) is 86.1 Å². The van der Waals surface area contributed by atoms with Crippen LogP contribution in [0.2, 0.25) is 5.02 Å². The first kappa shape index (κ1) is 19.3. The van der Waals surface area contributed by atoms with Gasteiger partial charge < -0.3 is 20.1 Å². The van der Waals surface area contributed by atoms with Crippen LogP contribution in [0.5, 0.6) is 5.88 Å². The van der Waals surface area contributed by atoms with E-state index in [9.17, 15) is 0 Å². The summed E-state index contributed by atoms with van der Waals surface area (Å²) in [6.07, 6.45) is 8.45. The molecule has 2 aromatic rings. The van der Waals surface area contributed by atoms with Crippen molar-refractivity contribution in [3.05, 3.63) is 16.9 Å². The van der Waals surface area contributed by atoms with Crippen molar-refractivity contribution in [2.24, 2.45) is 0 Å². The molecular formula is C19H27ClN6O2. The number of fused-ring (bicyclic) bond motifs is 3. The first-order chi connectivity index (χ1) is 13.7. The molecule has 1 aliphatic heterocycles. The molecule has 9 heteroatoms. The number of halogens is 1. The van der Waals surface area contributed by atoms with Crippen LogP contribution < -0.4 is 15.4 Å². The van der Waals surface area contributed by atoms with E-state index in [0.29, 0.717) is 41.9 Å². The van der Waals surface area contributed by atoms with Crippen molar-refractivity contribution in [1.29, 1.82) is 0 Å². The van der Waals surface area contributed by atoms with E-state index in [2.05, 4.69) is 32.2 Å². The summed E-state index contributed by atoms with van der Waals surface area (Å²) in [5.41, 5.74) is 1.87. The molecule has 0 aromatic carbocycles. The van der Waals surface area contributed by atoms with Gasteiger partial charge in [0.1, 0.15) is 10.7 Å². The maximum atomic E-state index is 6.29. The summed E-state index contributed by atoms with van der Waals surface area (Å²) in [6.45, 7) is 3.10. The summed E-state index contributed by atoms with van der Waals surface area (Å²) < 4.78 is 13.5. The number of methoxy groups -OCH3 is 1. The SMILES string of the molecule is COCC1CCOc2nn(C3CCCCC3)c(C)c2Nc2ncc(Cl)c(n2)N1. The predicted octanol–water partition coefficient (Wildman–Crippen LogP) is 4.09. The summed E-state index contributed by atoms with van der Waals surface area (Å²) in [6, 6.07) is 0.442. The number of aromatic nitrogens is 4. The molecule has 2 aromatic heterocycles. The van der Waals surface area contributed by atoms with Gasteiger partial charge in [0.25, 0.3) is 5.88 Å². The predicted molar refractivity (Wildman–Crippen MR) is 109 cm³/mol. The van der Waals surface area contributed by atoms with Crippen molar-refractivity contribution in [2.45, 2.75) is 57.5 Å². The number of anilines is 3. The van der Waals surface area contributed by atoms with Gasteiger partial charge in [-0.25, -0.2) is 4.98 Å². The van der Waals surface area contributed by atoms with Crippen LogP contribution in [0.4, 0.5) is 17.5 Å². The van der Waals surface area contributed by atoms with Crippen LogP contribution in [0.25, 0.3) is 0 Å². The van der Waals surface area contributed by atoms with Crippen LogP contribution in [-0.4, -0.2) is 46.1 Å². The molecule has 1 fully saturated rings. The summed E-state index contributed by atoms with van der Waals surface area (Å²) in [5.74, 6) is 1.64. The zero-order valence-electron chi connectivity index (χ0n) is 16.4. The highest BCUT2D eigenvalue weighted by atomic mass is 35.5.